The van der Waals surface area contributed by atoms with Crippen molar-refractivity contribution in [2.45, 2.75) is 13.8 Å². The number of aryl methyl sites for hydroxylation is 2. The topological polar surface area (TPSA) is 38.3 Å². The van der Waals surface area contributed by atoms with Crippen LogP contribution >= 0.6 is 11.6 Å². The molecule has 1 amide bonds. The molecule has 4 heteroatoms. The van der Waals surface area contributed by atoms with Crippen LogP contribution < -0.4 is 10.1 Å². The highest BCUT2D eigenvalue weighted by Crippen LogP contribution is 2.33. The number of hydrogen-bond donors (Lipinski definition) is 1. The molecule has 0 fully saturated rings. The highest BCUT2D eigenvalue weighted by molar-refractivity contribution is 6.32. The van der Waals surface area contributed by atoms with Gasteiger partial charge in [-0.3, -0.25) is 4.79 Å². The monoisotopic (exact) mass is 275 g/mol. The van der Waals surface area contributed by atoms with Gasteiger partial charge in [-0.25, -0.2) is 0 Å². The van der Waals surface area contributed by atoms with E-state index in [0.717, 1.165) is 11.3 Å². The van der Waals surface area contributed by atoms with Crippen molar-refractivity contribution in [3.05, 3.63) is 52.5 Å². The van der Waals surface area contributed by atoms with E-state index < -0.39 is 0 Å². The zero-order valence-corrected chi connectivity index (χ0v) is 11.5. The molecule has 3 nitrogen and oxygen atoms in total. The van der Waals surface area contributed by atoms with Crippen molar-refractivity contribution in [1.82, 2.24) is 0 Å². The van der Waals surface area contributed by atoms with Crippen molar-refractivity contribution >= 4 is 23.7 Å². The SMILES string of the molecule is Cc1ccc(Oc2ccc(NC=O)cc2Cl)c(C)c1. The fourth-order valence-electron chi connectivity index (χ4n) is 1.77. The third-order valence-electron chi connectivity index (χ3n) is 2.71. The molecule has 0 aromatic heterocycles. The zero-order chi connectivity index (χ0) is 13.8. The first-order valence-corrected chi connectivity index (χ1v) is 6.23. The van der Waals surface area contributed by atoms with Crippen molar-refractivity contribution in [3.8, 4) is 11.5 Å². The fourth-order valence-corrected chi connectivity index (χ4v) is 1.99. The lowest BCUT2D eigenvalue weighted by Crippen LogP contribution is -1.94. The van der Waals surface area contributed by atoms with E-state index in [1.165, 1.54) is 5.56 Å². The molecule has 0 aliphatic heterocycles. The fraction of sp³-hybridized carbons (Fsp3) is 0.133. The Morgan fingerprint density at radius 2 is 1.84 bits per heavy atom. The maximum absolute atomic E-state index is 10.4. The Balaban J connectivity index is 2.25. The van der Waals surface area contributed by atoms with Crippen LogP contribution in [0, 0.1) is 13.8 Å². The summed E-state index contributed by atoms with van der Waals surface area (Å²) in [5, 5.41) is 2.99. The number of amides is 1. The van der Waals surface area contributed by atoms with Gasteiger partial charge in [0.2, 0.25) is 6.41 Å². The summed E-state index contributed by atoms with van der Waals surface area (Å²) in [5.41, 5.74) is 2.86. The van der Waals surface area contributed by atoms with Crippen molar-refractivity contribution in [3.63, 3.8) is 0 Å². The van der Waals surface area contributed by atoms with Gasteiger partial charge in [-0.1, -0.05) is 29.3 Å². The Hall–Kier alpha value is -2.00. The molecule has 19 heavy (non-hydrogen) atoms. The Morgan fingerprint density at radius 3 is 2.47 bits per heavy atom. The normalized spacial score (nSPS) is 10.1. The molecule has 0 saturated heterocycles. The van der Waals surface area contributed by atoms with Crippen LogP contribution in [0.25, 0.3) is 0 Å². The van der Waals surface area contributed by atoms with Gasteiger partial charge in [-0.15, -0.1) is 0 Å². The molecule has 0 aliphatic carbocycles. The lowest BCUT2D eigenvalue weighted by Gasteiger charge is -2.11. The second kappa shape index (κ2) is 5.76. The van der Waals surface area contributed by atoms with Gasteiger partial charge in [0.05, 0.1) is 5.02 Å². The van der Waals surface area contributed by atoms with E-state index in [-0.39, 0.29) is 0 Å². The smallest absolute Gasteiger partial charge is 0.211 e. The maximum Gasteiger partial charge on any atom is 0.211 e. The first-order valence-electron chi connectivity index (χ1n) is 5.85. The maximum atomic E-state index is 10.4. The summed E-state index contributed by atoms with van der Waals surface area (Å²) in [6.45, 7) is 4.02. The van der Waals surface area contributed by atoms with Gasteiger partial charge in [0.25, 0.3) is 0 Å². The van der Waals surface area contributed by atoms with Crippen molar-refractivity contribution in [1.29, 1.82) is 0 Å². The third kappa shape index (κ3) is 3.26. The molecule has 0 saturated carbocycles. The second-order valence-electron chi connectivity index (χ2n) is 4.28. The summed E-state index contributed by atoms with van der Waals surface area (Å²) >= 11 is 6.12. The van der Waals surface area contributed by atoms with E-state index in [1.54, 1.807) is 18.2 Å². The van der Waals surface area contributed by atoms with Crippen LogP contribution in [-0.2, 0) is 4.79 Å². The summed E-state index contributed by atoms with van der Waals surface area (Å²) in [6.07, 6.45) is 0.607. The van der Waals surface area contributed by atoms with E-state index in [2.05, 4.69) is 5.32 Å². The van der Waals surface area contributed by atoms with Gasteiger partial charge in [-0.05, 0) is 43.7 Å². The van der Waals surface area contributed by atoms with Crippen molar-refractivity contribution in [2.24, 2.45) is 0 Å². The molecule has 2 rings (SSSR count). The highest BCUT2D eigenvalue weighted by Gasteiger charge is 2.06. The quantitative estimate of drug-likeness (QED) is 0.844. The first-order chi connectivity index (χ1) is 9.10. The number of nitrogens with one attached hydrogen (secondary N) is 1. The number of ether oxygens (including phenoxy) is 1. The lowest BCUT2D eigenvalue weighted by molar-refractivity contribution is -0.105. The standard InChI is InChI=1S/C15H14ClNO2/c1-10-3-5-14(11(2)7-10)19-15-6-4-12(17-9-18)8-13(15)16/h3-9H,1-2H3,(H,17,18). The van der Waals surface area contributed by atoms with Crippen LogP contribution in [0.3, 0.4) is 0 Å². The molecule has 0 heterocycles. The molecular formula is C15H14ClNO2. The number of anilines is 1. The lowest BCUT2D eigenvalue weighted by atomic mass is 10.1. The minimum atomic E-state index is 0.451. The van der Waals surface area contributed by atoms with Crippen LogP contribution in [-0.4, -0.2) is 6.41 Å². The molecule has 0 aliphatic rings. The van der Waals surface area contributed by atoms with E-state index in [1.807, 2.05) is 32.0 Å². The number of rotatable bonds is 4. The van der Waals surface area contributed by atoms with E-state index in [9.17, 15) is 4.79 Å². The molecule has 2 aromatic rings. The number of carbonyl (C=O) groups excluding carboxylic acids is 1. The summed E-state index contributed by atoms with van der Waals surface area (Å²) in [5.74, 6) is 1.33. The van der Waals surface area contributed by atoms with Gasteiger partial charge in [0.1, 0.15) is 11.5 Å². The first kappa shape index (κ1) is 13.4. The predicted molar refractivity (Wildman–Crippen MR) is 77.1 cm³/mol. The number of halogens is 1. The van der Waals surface area contributed by atoms with E-state index in [0.29, 0.717) is 22.9 Å². The summed E-state index contributed by atoms with van der Waals surface area (Å²) in [6, 6.07) is 11.1. The molecule has 0 atom stereocenters. The zero-order valence-electron chi connectivity index (χ0n) is 10.7. The molecule has 0 spiro atoms. The Bertz CT molecular complexity index is 611. The number of benzene rings is 2. The summed E-state index contributed by atoms with van der Waals surface area (Å²) in [4.78, 5) is 10.4. The molecule has 2 aromatic carbocycles. The van der Waals surface area contributed by atoms with Crippen molar-refractivity contribution in [2.75, 3.05) is 5.32 Å². The Labute approximate surface area is 117 Å². The minimum Gasteiger partial charge on any atom is -0.456 e. The molecule has 98 valence electrons. The third-order valence-corrected chi connectivity index (χ3v) is 3.00. The Kier molecular flexibility index (Phi) is 4.07. The average molecular weight is 276 g/mol. The summed E-state index contributed by atoms with van der Waals surface area (Å²) in [7, 11) is 0. The molecule has 0 unspecified atom stereocenters. The predicted octanol–water partition coefficient (Wildman–Crippen LogP) is 4.32. The second-order valence-corrected chi connectivity index (χ2v) is 4.69. The summed E-state index contributed by atoms with van der Waals surface area (Å²) < 4.78 is 5.78. The van der Waals surface area contributed by atoms with Crippen LogP contribution in [0.1, 0.15) is 11.1 Å². The van der Waals surface area contributed by atoms with Gasteiger partial charge in [-0.2, -0.15) is 0 Å². The minimum absolute atomic E-state index is 0.451. The van der Waals surface area contributed by atoms with Gasteiger partial charge in [0.15, 0.2) is 0 Å². The van der Waals surface area contributed by atoms with E-state index >= 15 is 0 Å². The highest BCUT2D eigenvalue weighted by atomic mass is 35.5. The van der Waals surface area contributed by atoms with Crippen LogP contribution in [0.5, 0.6) is 11.5 Å². The molecule has 0 radical (unpaired) electrons. The van der Waals surface area contributed by atoms with Crippen LogP contribution in [0.15, 0.2) is 36.4 Å². The number of hydrogen-bond acceptors (Lipinski definition) is 2. The number of carbonyl (C=O) groups is 1. The Morgan fingerprint density at radius 1 is 1.11 bits per heavy atom. The van der Waals surface area contributed by atoms with Crippen LogP contribution in [0.4, 0.5) is 5.69 Å². The van der Waals surface area contributed by atoms with Gasteiger partial charge >= 0.3 is 0 Å². The van der Waals surface area contributed by atoms with E-state index in [4.69, 9.17) is 16.3 Å². The van der Waals surface area contributed by atoms with Gasteiger partial charge < -0.3 is 10.1 Å². The molecule has 1 N–H and O–H groups in total. The van der Waals surface area contributed by atoms with Crippen molar-refractivity contribution < 1.29 is 9.53 Å². The van der Waals surface area contributed by atoms with Gasteiger partial charge in [0, 0.05) is 5.69 Å². The largest absolute Gasteiger partial charge is 0.456 e. The van der Waals surface area contributed by atoms with Crippen LogP contribution in [0.2, 0.25) is 5.02 Å². The average Bonchev–Trinajstić information content (AvgIpc) is 2.36. The molecule has 0 bridgehead atoms. The molecular weight excluding hydrogens is 262 g/mol.